The largest absolute Gasteiger partial charge is 0.368 e. The summed E-state index contributed by atoms with van der Waals surface area (Å²) < 4.78 is 0. The molecule has 3 rings (SSSR count). The van der Waals surface area contributed by atoms with Crippen LogP contribution in [-0.4, -0.2) is 15.0 Å². The van der Waals surface area contributed by atoms with Gasteiger partial charge in [-0.15, -0.1) is 0 Å². The second-order valence-corrected chi connectivity index (χ2v) is 4.27. The minimum atomic E-state index is 0.251. The molecule has 2 heterocycles. The van der Waals surface area contributed by atoms with Gasteiger partial charge in [0.2, 0.25) is 5.95 Å². The molecule has 0 unspecified atom stereocenters. The number of rotatable bonds is 2. The zero-order valence-corrected chi connectivity index (χ0v) is 10.5. The number of fused-ring (bicyclic) bond motifs is 1. The van der Waals surface area contributed by atoms with Gasteiger partial charge in [0.15, 0.2) is 0 Å². The number of nitrogens with two attached hydrogens (primary N) is 1. The Bertz CT molecular complexity index is 733. The molecule has 0 saturated heterocycles. The third-order valence-electron chi connectivity index (χ3n) is 2.88. The van der Waals surface area contributed by atoms with Crippen LogP contribution in [0, 0.1) is 6.92 Å². The first-order valence-corrected chi connectivity index (χ1v) is 5.94. The maximum Gasteiger partial charge on any atom is 0.221 e. The molecule has 94 valence electrons. The Kier molecular flexibility index (Phi) is 2.72. The normalized spacial score (nSPS) is 10.6. The van der Waals surface area contributed by atoms with Crippen LogP contribution < -0.4 is 11.1 Å². The van der Waals surface area contributed by atoms with E-state index in [0.29, 0.717) is 5.82 Å². The van der Waals surface area contributed by atoms with Crippen LogP contribution in [-0.2, 0) is 0 Å². The lowest BCUT2D eigenvalue weighted by Crippen LogP contribution is -2.02. The summed E-state index contributed by atoms with van der Waals surface area (Å²) >= 11 is 0. The molecule has 3 N–H and O–H groups in total. The van der Waals surface area contributed by atoms with E-state index in [4.69, 9.17) is 5.73 Å². The number of benzene rings is 1. The maximum atomic E-state index is 5.62. The van der Waals surface area contributed by atoms with Gasteiger partial charge in [-0.2, -0.15) is 4.98 Å². The molecular weight excluding hydrogens is 238 g/mol. The number of aryl methyl sites for hydroxylation is 1. The Hall–Kier alpha value is -2.69. The average Bonchev–Trinajstić information content (AvgIpc) is 2.43. The fourth-order valence-electron chi connectivity index (χ4n) is 1.91. The van der Waals surface area contributed by atoms with E-state index in [1.165, 1.54) is 0 Å². The SMILES string of the molecule is Cc1cnc(N)nc1Nc1cccc2cccnc12. The molecule has 5 heteroatoms. The quantitative estimate of drug-likeness (QED) is 0.732. The summed E-state index contributed by atoms with van der Waals surface area (Å²) in [5.41, 5.74) is 8.35. The van der Waals surface area contributed by atoms with E-state index in [2.05, 4.69) is 20.3 Å². The van der Waals surface area contributed by atoms with Crippen molar-refractivity contribution < 1.29 is 0 Å². The van der Waals surface area contributed by atoms with Gasteiger partial charge in [0, 0.05) is 23.3 Å². The van der Waals surface area contributed by atoms with Crippen molar-refractivity contribution in [2.24, 2.45) is 0 Å². The number of nitrogen functional groups attached to an aromatic ring is 1. The summed E-state index contributed by atoms with van der Waals surface area (Å²) in [6.07, 6.45) is 3.47. The van der Waals surface area contributed by atoms with Gasteiger partial charge in [-0.05, 0) is 19.1 Å². The summed E-state index contributed by atoms with van der Waals surface area (Å²) in [7, 11) is 0. The molecule has 0 aliphatic rings. The first-order valence-electron chi connectivity index (χ1n) is 5.94. The van der Waals surface area contributed by atoms with Crippen molar-refractivity contribution in [2.75, 3.05) is 11.1 Å². The molecule has 19 heavy (non-hydrogen) atoms. The van der Waals surface area contributed by atoms with E-state index < -0.39 is 0 Å². The Labute approximate surface area is 110 Å². The number of pyridine rings is 1. The smallest absolute Gasteiger partial charge is 0.221 e. The molecule has 0 bridgehead atoms. The van der Waals surface area contributed by atoms with Crippen molar-refractivity contribution in [3.05, 3.63) is 48.3 Å². The van der Waals surface area contributed by atoms with E-state index in [0.717, 1.165) is 22.2 Å². The first-order chi connectivity index (χ1) is 9.24. The van der Waals surface area contributed by atoms with E-state index in [-0.39, 0.29) is 5.95 Å². The minimum absolute atomic E-state index is 0.251. The number of nitrogens with zero attached hydrogens (tertiary/aromatic N) is 3. The molecule has 0 aliphatic heterocycles. The molecule has 3 aromatic rings. The van der Waals surface area contributed by atoms with Crippen molar-refractivity contribution in [1.82, 2.24) is 15.0 Å². The molecular formula is C14H13N5. The summed E-state index contributed by atoms with van der Waals surface area (Å²) in [6, 6.07) is 9.91. The van der Waals surface area contributed by atoms with Crippen LogP contribution in [0.3, 0.4) is 0 Å². The third-order valence-corrected chi connectivity index (χ3v) is 2.88. The molecule has 0 atom stereocenters. The number of hydrogen-bond donors (Lipinski definition) is 2. The fraction of sp³-hybridized carbons (Fsp3) is 0.0714. The monoisotopic (exact) mass is 251 g/mol. The minimum Gasteiger partial charge on any atom is -0.368 e. The van der Waals surface area contributed by atoms with Gasteiger partial charge in [-0.25, -0.2) is 4.98 Å². The van der Waals surface area contributed by atoms with E-state index in [1.54, 1.807) is 12.4 Å². The molecule has 0 radical (unpaired) electrons. The molecule has 0 spiro atoms. The van der Waals surface area contributed by atoms with Crippen LogP contribution in [0.5, 0.6) is 0 Å². The second kappa shape index (κ2) is 4.53. The number of anilines is 3. The Balaban J connectivity index is 2.08. The first kappa shape index (κ1) is 11.4. The lowest BCUT2D eigenvalue weighted by Gasteiger charge is -2.10. The topological polar surface area (TPSA) is 76.7 Å². The highest BCUT2D eigenvalue weighted by molar-refractivity contribution is 5.91. The van der Waals surface area contributed by atoms with Crippen molar-refractivity contribution in [3.8, 4) is 0 Å². The summed E-state index contributed by atoms with van der Waals surface area (Å²) in [5, 5.41) is 4.34. The summed E-state index contributed by atoms with van der Waals surface area (Å²) in [5.74, 6) is 0.951. The molecule has 0 aliphatic carbocycles. The number of nitrogens with one attached hydrogen (secondary N) is 1. The van der Waals surface area contributed by atoms with Crippen molar-refractivity contribution in [3.63, 3.8) is 0 Å². The lowest BCUT2D eigenvalue weighted by molar-refractivity contribution is 1.15. The number of hydrogen-bond acceptors (Lipinski definition) is 5. The fourth-order valence-corrected chi connectivity index (χ4v) is 1.91. The molecule has 0 amide bonds. The summed E-state index contributed by atoms with van der Waals surface area (Å²) in [6.45, 7) is 1.93. The Morgan fingerprint density at radius 1 is 1.11 bits per heavy atom. The van der Waals surface area contributed by atoms with Gasteiger partial charge in [0.05, 0.1) is 11.2 Å². The molecule has 0 fully saturated rings. The van der Waals surface area contributed by atoms with Crippen LogP contribution in [0.4, 0.5) is 17.5 Å². The predicted octanol–water partition coefficient (Wildman–Crippen LogP) is 2.66. The maximum absolute atomic E-state index is 5.62. The van der Waals surface area contributed by atoms with Crippen LogP contribution in [0.15, 0.2) is 42.7 Å². The van der Waals surface area contributed by atoms with Crippen LogP contribution in [0.2, 0.25) is 0 Å². The number of aromatic nitrogens is 3. The lowest BCUT2D eigenvalue weighted by atomic mass is 10.2. The highest BCUT2D eigenvalue weighted by atomic mass is 15.1. The van der Waals surface area contributed by atoms with Gasteiger partial charge in [-0.3, -0.25) is 4.98 Å². The van der Waals surface area contributed by atoms with E-state index in [9.17, 15) is 0 Å². The molecule has 5 nitrogen and oxygen atoms in total. The molecule has 2 aromatic heterocycles. The van der Waals surface area contributed by atoms with Crippen LogP contribution in [0.1, 0.15) is 5.56 Å². The highest BCUT2D eigenvalue weighted by Crippen LogP contribution is 2.25. The van der Waals surface area contributed by atoms with Crippen molar-refractivity contribution in [2.45, 2.75) is 6.92 Å². The predicted molar refractivity (Wildman–Crippen MR) is 76.2 cm³/mol. The van der Waals surface area contributed by atoms with Crippen molar-refractivity contribution >= 4 is 28.4 Å². The third kappa shape index (κ3) is 2.18. The zero-order valence-electron chi connectivity index (χ0n) is 10.5. The van der Waals surface area contributed by atoms with Crippen LogP contribution >= 0.6 is 0 Å². The van der Waals surface area contributed by atoms with Crippen LogP contribution in [0.25, 0.3) is 10.9 Å². The van der Waals surface area contributed by atoms with E-state index >= 15 is 0 Å². The Morgan fingerprint density at radius 2 is 1.95 bits per heavy atom. The van der Waals surface area contributed by atoms with Gasteiger partial charge >= 0.3 is 0 Å². The number of para-hydroxylation sites is 1. The summed E-state index contributed by atoms with van der Waals surface area (Å²) in [4.78, 5) is 12.5. The van der Waals surface area contributed by atoms with Gasteiger partial charge < -0.3 is 11.1 Å². The zero-order chi connectivity index (χ0) is 13.2. The average molecular weight is 251 g/mol. The van der Waals surface area contributed by atoms with E-state index in [1.807, 2.05) is 37.3 Å². The molecule has 1 aromatic carbocycles. The van der Waals surface area contributed by atoms with Gasteiger partial charge in [-0.1, -0.05) is 18.2 Å². The standard InChI is InChI=1S/C14H13N5/c1-9-8-17-14(15)19-13(9)18-11-6-2-4-10-5-3-7-16-12(10)11/h2-8H,1H3,(H3,15,17,18,19). The van der Waals surface area contributed by atoms with Gasteiger partial charge in [0.1, 0.15) is 5.82 Å². The highest BCUT2D eigenvalue weighted by Gasteiger charge is 2.06. The molecule has 0 saturated carbocycles. The van der Waals surface area contributed by atoms with Gasteiger partial charge in [0.25, 0.3) is 0 Å². The van der Waals surface area contributed by atoms with Crippen molar-refractivity contribution in [1.29, 1.82) is 0 Å². The second-order valence-electron chi connectivity index (χ2n) is 4.27. The Morgan fingerprint density at radius 3 is 2.84 bits per heavy atom.